The molecule has 0 bridgehead atoms. The maximum Gasteiger partial charge on any atom is 0.225 e. The topological polar surface area (TPSA) is 81.6 Å². The third-order valence-corrected chi connectivity index (χ3v) is 7.57. The number of benzene rings is 1. The summed E-state index contributed by atoms with van der Waals surface area (Å²) in [6.07, 6.45) is 11.4. The number of piperidine rings is 1. The number of sulfone groups is 1. The number of anilines is 1. The van der Waals surface area contributed by atoms with E-state index in [9.17, 15) is 12.8 Å². The van der Waals surface area contributed by atoms with E-state index < -0.39 is 15.7 Å². The maximum absolute atomic E-state index is 14.3. The van der Waals surface area contributed by atoms with Crippen molar-refractivity contribution in [1.29, 1.82) is 0 Å². The minimum atomic E-state index is -3.44. The molecule has 1 saturated carbocycles. The molecule has 0 unspecified atom stereocenters. The highest BCUT2D eigenvalue weighted by molar-refractivity contribution is 7.90. The number of aryl methyl sites for hydroxylation is 1. The Bertz CT molecular complexity index is 1030. The van der Waals surface area contributed by atoms with Gasteiger partial charge in [0.1, 0.15) is 0 Å². The molecule has 4 rings (SSSR count). The van der Waals surface area contributed by atoms with Gasteiger partial charge in [0.25, 0.3) is 0 Å². The lowest BCUT2D eigenvalue weighted by molar-refractivity contribution is -0.0530. The first-order chi connectivity index (χ1) is 15.8. The second kappa shape index (κ2) is 10.3. The van der Waals surface area contributed by atoms with Crippen LogP contribution < -0.4 is 9.64 Å². The Kier molecular flexibility index (Phi) is 7.48. The third kappa shape index (κ3) is 6.20. The normalized spacial score (nSPS) is 22.3. The van der Waals surface area contributed by atoms with Crippen LogP contribution in [-0.4, -0.2) is 56.0 Å². The molecule has 1 aliphatic carbocycles. The zero-order valence-electron chi connectivity index (χ0n) is 19.2. The van der Waals surface area contributed by atoms with Gasteiger partial charge in [0, 0.05) is 31.7 Å². The SMILES string of the molecule is CCc1cnc(N2CCC(O[C@H]3CC[C@@H](Oc4ccc(S(C)(=O)=O)cc4F)CC3)CC2)nc1. The van der Waals surface area contributed by atoms with Crippen LogP contribution in [0.4, 0.5) is 10.3 Å². The quantitative estimate of drug-likeness (QED) is 0.597. The van der Waals surface area contributed by atoms with Gasteiger partial charge < -0.3 is 14.4 Å². The Morgan fingerprint density at radius 3 is 2.18 bits per heavy atom. The average molecular weight is 478 g/mol. The van der Waals surface area contributed by atoms with Gasteiger partial charge >= 0.3 is 0 Å². The van der Waals surface area contributed by atoms with Crippen molar-refractivity contribution in [2.75, 3.05) is 24.2 Å². The summed E-state index contributed by atoms with van der Waals surface area (Å²) in [6, 6.07) is 3.81. The fourth-order valence-electron chi connectivity index (χ4n) is 4.43. The Balaban J connectivity index is 1.21. The molecule has 0 amide bonds. The average Bonchev–Trinajstić information content (AvgIpc) is 2.81. The number of hydrogen-bond donors (Lipinski definition) is 0. The zero-order chi connectivity index (χ0) is 23.4. The smallest absolute Gasteiger partial charge is 0.225 e. The Morgan fingerprint density at radius 1 is 1.00 bits per heavy atom. The van der Waals surface area contributed by atoms with Crippen LogP contribution in [-0.2, 0) is 21.0 Å². The van der Waals surface area contributed by atoms with Crippen molar-refractivity contribution in [1.82, 2.24) is 9.97 Å². The lowest BCUT2D eigenvalue weighted by atomic mass is 9.94. The molecular weight excluding hydrogens is 445 g/mol. The van der Waals surface area contributed by atoms with Crippen LogP contribution >= 0.6 is 0 Å². The number of hydrogen-bond acceptors (Lipinski definition) is 7. The van der Waals surface area contributed by atoms with Crippen LogP contribution in [0.5, 0.6) is 5.75 Å². The summed E-state index contributed by atoms with van der Waals surface area (Å²) in [4.78, 5) is 11.1. The predicted octanol–water partition coefficient (Wildman–Crippen LogP) is 3.96. The number of halogens is 1. The fourth-order valence-corrected chi connectivity index (χ4v) is 5.06. The van der Waals surface area contributed by atoms with Crippen LogP contribution in [0.3, 0.4) is 0 Å². The van der Waals surface area contributed by atoms with Gasteiger partial charge in [0.15, 0.2) is 21.4 Å². The van der Waals surface area contributed by atoms with Crippen LogP contribution in [0.2, 0.25) is 0 Å². The molecule has 7 nitrogen and oxygen atoms in total. The molecule has 1 aromatic heterocycles. The van der Waals surface area contributed by atoms with Crippen molar-refractivity contribution >= 4 is 15.8 Å². The monoisotopic (exact) mass is 477 g/mol. The summed E-state index contributed by atoms with van der Waals surface area (Å²) in [5, 5.41) is 0. The molecule has 180 valence electrons. The van der Waals surface area contributed by atoms with Crippen molar-refractivity contribution in [2.24, 2.45) is 0 Å². The van der Waals surface area contributed by atoms with Crippen LogP contribution in [0.25, 0.3) is 0 Å². The molecule has 33 heavy (non-hydrogen) atoms. The van der Waals surface area contributed by atoms with Crippen LogP contribution in [0.1, 0.15) is 51.0 Å². The van der Waals surface area contributed by atoms with E-state index in [4.69, 9.17) is 9.47 Å². The first kappa shape index (κ1) is 23.9. The summed E-state index contributed by atoms with van der Waals surface area (Å²) in [6.45, 7) is 3.87. The minimum absolute atomic E-state index is 0.0416. The highest BCUT2D eigenvalue weighted by Gasteiger charge is 2.28. The molecule has 1 aromatic carbocycles. The molecule has 0 atom stereocenters. The highest BCUT2D eigenvalue weighted by Crippen LogP contribution is 2.30. The first-order valence-electron chi connectivity index (χ1n) is 11.7. The molecule has 2 aliphatic rings. The van der Waals surface area contributed by atoms with Gasteiger partial charge in [0.05, 0.1) is 23.2 Å². The van der Waals surface area contributed by atoms with E-state index in [0.717, 1.165) is 81.9 Å². The molecule has 0 radical (unpaired) electrons. The molecule has 2 aromatic rings. The predicted molar refractivity (Wildman–Crippen MR) is 124 cm³/mol. The van der Waals surface area contributed by atoms with Gasteiger partial charge in [-0.3, -0.25) is 0 Å². The fraction of sp³-hybridized carbons (Fsp3) is 0.583. The standard InChI is InChI=1S/C24H32FN3O4S/c1-3-17-15-26-24(27-16-17)28-12-10-20(11-13-28)31-18-4-6-19(7-5-18)32-23-9-8-21(14-22(23)25)33(2,29)30/h8-9,14-16,18-20H,3-7,10-13H2,1-2H3/t18-,19+. The lowest BCUT2D eigenvalue weighted by Gasteiger charge is -2.36. The molecule has 1 saturated heterocycles. The molecule has 0 spiro atoms. The minimum Gasteiger partial charge on any atom is -0.487 e. The number of rotatable bonds is 7. The Labute approximate surface area is 195 Å². The van der Waals surface area contributed by atoms with Crippen molar-refractivity contribution in [3.05, 3.63) is 42.0 Å². The maximum atomic E-state index is 14.3. The Hall–Kier alpha value is -2.26. The van der Waals surface area contributed by atoms with Gasteiger partial charge in [-0.2, -0.15) is 0 Å². The summed E-state index contributed by atoms with van der Waals surface area (Å²) in [5.41, 5.74) is 1.14. The summed E-state index contributed by atoms with van der Waals surface area (Å²) in [5.74, 6) is 0.254. The van der Waals surface area contributed by atoms with Crippen molar-refractivity contribution in [2.45, 2.75) is 75.1 Å². The molecular formula is C24H32FN3O4S. The molecule has 2 heterocycles. The van der Waals surface area contributed by atoms with Gasteiger partial charge in [-0.1, -0.05) is 6.92 Å². The summed E-state index contributed by atoms with van der Waals surface area (Å²) >= 11 is 0. The number of aromatic nitrogens is 2. The lowest BCUT2D eigenvalue weighted by Crippen LogP contribution is -2.40. The number of ether oxygens (including phenoxy) is 2. The molecule has 2 fully saturated rings. The van der Waals surface area contributed by atoms with Gasteiger partial charge in [-0.15, -0.1) is 0 Å². The van der Waals surface area contributed by atoms with Crippen molar-refractivity contribution in [3.63, 3.8) is 0 Å². The zero-order valence-corrected chi connectivity index (χ0v) is 20.1. The van der Waals surface area contributed by atoms with E-state index in [1.807, 2.05) is 12.4 Å². The van der Waals surface area contributed by atoms with Crippen LogP contribution in [0, 0.1) is 5.82 Å². The van der Waals surface area contributed by atoms with Gasteiger partial charge in [0.2, 0.25) is 5.95 Å². The van der Waals surface area contributed by atoms with E-state index in [-0.39, 0.29) is 29.0 Å². The van der Waals surface area contributed by atoms with E-state index in [0.29, 0.717) is 0 Å². The largest absolute Gasteiger partial charge is 0.487 e. The highest BCUT2D eigenvalue weighted by atomic mass is 32.2. The molecule has 0 N–H and O–H groups in total. The molecule has 9 heteroatoms. The van der Waals surface area contributed by atoms with Gasteiger partial charge in [-0.25, -0.2) is 22.8 Å². The Morgan fingerprint density at radius 2 is 1.61 bits per heavy atom. The van der Waals surface area contributed by atoms with Crippen molar-refractivity contribution < 1.29 is 22.3 Å². The summed E-state index contributed by atoms with van der Waals surface area (Å²) < 4.78 is 49.6. The first-order valence-corrected chi connectivity index (χ1v) is 13.6. The summed E-state index contributed by atoms with van der Waals surface area (Å²) in [7, 11) is -3.44. The number of nitrogens with zero attached hydrogens (tertiary/aromatic N) is 3. The molecule has 1 aliphatic heterocycles. The second-order valence-electron chi connectivity index (χ2n) is 8.95. The third-order valence-electron chi connectivity index (χ3n) is 6.46. The second-order valence-corrected chi connectivity index (χ2v) is 11.0. The van der Waals surface area contributed by atoms with Gasteiger partial charge in [-0.05, 0) is 68.7 Å². The van der Waals surface area contributed by atoms with Crippen LogP contribution in [0.15, 0.2) is 35.5 Å². The van der Waals surface area contributed by atoms with Crippen molar-refractivity contribution in [3.8, 4) is 5.75 Å². The van der Waals surface area contributed by atoms with E-state index in [1.165, 1.54) is 12.1 Å². The van der Waals surface area contributed by atoms with E-state index >= 15 is 0 Å². The van der Waals surface area contributed by atoms with E-state index in [1.54, 1.807) is 0 Å². The van der Waals surface area contributed by atoms with E-state index in [2.05, 4.69) is 21.8 Å².